The highest BCUT2D eigenvalue weighted by Crippen LogP contribution is 2.28. The van der Waals surface area contributed by atoms with Crippen LogP contribution in [0.25, 0.3) is 0 Å². The topological polar surface area (TPSA) is 66.6 Å². The molecule has 4 heteroatoms. The van der Waals surface area contributed by atoms with Gasteiger partial charge in [0.1, 0.15) is 0 Å². The molecular weight excluding hydrogens is 240 g/mol. The first-order chi connectivity index (χ1) is 9.13. The van der Waals surface area contributed by atoms with E-state index in [2.05, 4.69) is 11.8 Å². The van der Waals surface area contributed by atoms with Crippen LogP contribution in [0.3, 0.4) is 0 Å². The molecule has 1 atom stereocenters. The summed E-state index contributed by atoms with van der Waals surface area (Å²) in [5.74, 6) is -0.966. The van der Waals surface area contributed by atoms with Crippen molar-refractivity contribution in [1.82, 2.24) is 0 Å². The van der Waals surface area contributed by atoms with E-state index < -0.39 is 5.97 Å². The molecule has 0 aromatic heterocycles. The van der Waals surface area contributed by atoms with Crippen molar-refractivity contribution >= 4 is 17.3 Å². The number of hydrogen-bond donors (Lipinski definition) is 2. The largest absolute Gasteiger partial charge is 0.478 e. The fraction of sp³-hybridized carbons (Fsp3) is 0.533. The van der Waals surface area contributed by atoms with Crippen LogP contribution in [-0.4, -0.2) is 23.7 Å². The molecule has 1 unspecified atom stereocenters. The molecule has 1 aliphatic heterocycles. The predicted molar refractivity (Wildman–Crippen MR) is 77.7 cm³/mol. The summed E-state index contributed by atoms with van der Waals surface area (Å²) in [7, 11) is 0. The van der Waals surface area contributed by atoms with Gasteiger partial charge in [0, 0.05) is 24.0 Å². The van der Waals surface area contributed by atoms with Crippen LogP contribution < -0.4 is 10.6 Å². The summed E-state index contributed by atoms with van der Waals surface area (Å²) in [5.41, 5.74) is 7.44. The molecule has 2 rings (SSSR count). The van der Waals surface area contributed by atoms with E-state index in [1.165, 1.54) is 25.7 Å². The van der Waals surface area contributed by atoms with E-state index in [1.807, 2.05) is 6.07 Å². The number of nitrogen functional groups attached to an aromatic ring is 1. The van der Waals surface area contributed by atoms with Crippen LogP contribution in [0.2, 0.25) is 0 Å². The smallest absolute Gasteiger partial charge is 0.337 e. The molecule has 1 aromatic carbocycles. The van der Waals surface area contributed by atoms with Gasteiger partial charge in [0.05, 0.1) is 5.56 Å². The fourth-order valence-electron chi connectivity index (χ4n) is 2.87. The number of nitrogens with zero attached hydrogens (tertiary/aromatic N) is 1. The van der Waals surface area contributed by atoms with Crippen molar-refractivity contribution in [2.24, 2.45) is 0 Å². The summed E-state index contributed by atoms with van der Waals surface area (Å²) < 4.78 is 0. The molecule has 1 heterocycles. The maximum Gasteiger partial charge on any atom is 0.337 e. The average molecular weight is 262 g/mol. The van der Waals surface area contributed by atoms with Crippen molar-refractivity contribution < 1.29 is 9.90 Å². The number of rotatable bonds is 3. The van der Waals surface area contributed by atoms with Crippen LogP contribution in [0.15, 0.2) is 18.2 Å². The van der Waals surface area contributed by atoms with Gasteiger partial charge in [0.25, 0.3) is 0 Å². The number of carbonyl (C=O) groups is 1. The Morgan fingerprint density at radius 2 is 2.21 bits per heavy atom. The van der Waals surface area contributed by atoms with Gasteiger partial charge in [-0.05, 0) is 37.5 Å². The Morgan fingerprint density at radius 1 is 1.42 bits per heavy atom. The van der Waals surface area contributed by atoms with E-state index in [0.717, 1.165) is 18.7 Å². The summed E-state index contributed by atoms with van der Waals surface area (Å²) in [6.45, 7) is 3.24. The lowest BCUT2D eigenvalue weighted by Crippen LogP contribution is -2.34. The molecule has 3 N–H and O–H groups in total. The molecule has 1 aliphatic rings. The second kappa shape index (κ2) is 5.95. The van der Waals surface area contributed by atoms with E-state index in [0.29, 0.717) is 11.7 Å². The molecule has 0 amide bonds. The van der Waals surface area contributed by atoms with E-state index in [4.69, 9.17) is 10.8 Å². The van der Waals surface area contributed by atoms with Crippen LogP contribution in [0.4, 0.5) is 11.4 Å². The van der Waals surface area contributed by atoms with Gasteiger partial charge in [-0.25, -0.2) is 4.79 Å². The van der Waals surface area contributed by atoms with Gasteiger partial charge in [-0.2, -0.15) is 0 Å². The zero-order chi connectivity index (χ0) is 13.8. The van der Waals surface area contributed by atoms with Crippen LogP contribution in [-0.2, 0) is 0 Å². The van der Waals surface area contributed by atoms with Crippen molar-refractivity contribution in [2.75, 3.05) is 17.2 Å². The van der Waals surface area contributed by atoms with Crippen LogP contribution >= 0.6 is 0 Å². The Morgan fingerprint density at radius 3 is 2.84 bits per heavy atom. The van der Waals surface area contributed by atoms with Crippen molar-refractivity contribution in [2.45, 2.75) is 45.1 Å². The van der Waals surface area contributed by atoms with Crippen molar-refractivity contribution in [3.8, 4) is 0 Å². The Kier molecular flexibility index (Phi) is 4.30. The minimum Gasteiger partial charge on any atom is -0.478 e. The van der Waals surface area contributed by atoms with Crippen LogP contribution in [0.1, 0.15) is 49.4 Å². The first kappa shape index (κ1) is 13.7. The third kappa shape index (κ3) is 3.00. The number of nitrogens with two attached hydrogens (primary N) is 1. The van der Waals surface area contributed by atoms with Gasteiger partial charge in [0.15, 0.2) is 0 Å². The fourth-order valence-corrected chi connectivity index (χ4v) is 2.87. The first-order valence-electron chi connectivity index (χ1n) is 7.03. The number of carboxylic acid groups (broad SMARTS) is 1. The molecule has 0 spiro atoms. The van der Waals surface area contributed by atoms with Crippen LogP contribution in [0, 0.1) is 0 Å². The highest BCUT2D eigenvalue weighted by molar-refractivity contribution is 5.94. The van der Waals surface area contributed by atoms with E-state index in [1.54, 1.807) is 12.1 Å². The third-order valence-electron chi connectivity index (χ3n) is 3.95. The SMILES string of the molecule is CCC1CCCCCN1c1ccc(C(=O)O)c(N)c1. The van der Waals surface area contributed by atoms with Gasteiger partial charge < -0.3 is 15.7 Å². The Balaban J connectivity index is 2.28. The van der Waals surface area contributed by atoms with Crippen LogP contribution in [0.5, 0.6) is 0 Å². The maximum atomic E-state index is 11.0. The normalized spacial score (nSPS) is 20.1. The minimum atomic E-state index is -0.966. The van der Waals surface area contributed by atoms with Gasteiger partial charge in [-0.3, -0.25) is 0 Å². The van der Waals surface area contributed by atoms with E-state index in [9.17, 15) is 4.79 Å². The lowest BCUT2D eigenvalue weighted by atomic mass is 10.1. The molecule has 104 valence electrons. The highest BCUT2D eigenvalue weighted by atomic mass is 16.4. The van der Waals surface area contributed by atoms with Gasteiger partial charge in [-0.15, -0.1) is 0 Å². The third-order valence-corrected chi connectivity index (χ3v) is 3.95. The first-order valence-corrected chi connectivity index (χ1v) is 7.03. The quantitative estimate of drug-likeness (QED) is 0.821. The molecule has 0 bridgehead atoms. The molecule has 1 fully saturated rings. The minimum absolute atomic E-state index is 0.187. The van der Waals surface area contributed by atoms with Gasteiger partial charge in [0.2, 0.25) is 0 Å². The Bertz CT molecular complexity index is 459. The van der Waals surface area contributed by atoms with Gasteiger partial charge in [-0.1, -0.05) is 19.8 Å². The van der Waals surface area contributed by atoms with Crippen molar-refractivity contribution in [3.05, 3.63) is 23.8 Å². The zero-order valence-corrected chi connectivity index (χ0v) is 11.4. The Hall–Kier alpha value is -1.71. The second-order valence-electron chi connectivity index (χ2n) is 5.18. The maximum absolute atomic E-state index is 11.0. The van der Waals surface area contributed by atoms with Crippen molar-refractivity contribution in [1.29, 1.82) is 0 Å². The molecule has 0 saturated carbocycles. The standard InChI is InChI=1S/C15H22N2O2/c1-2-11-6-4-3-5-9-17(11)12-7-8-13(15(18)19)14(16)10-12/h7-8,10-11H,2-6,9,16H2,1H3,(H,18,19). The average Bonchev–Trinajstić information content (AvgIpc) is 2.63. The molecule has 19 heavy (non-hydrogen) atoms. The lowest BCUT2D eigenvalue weighted by molar-refractivity contribution is 0.0698. The number of carboxylic acids is 1. The summed E-state index contributed by atoms with van der Waals surface area (Å²) in [6.07, 6.45) is 6.06. The summed E-state index contributed by atoms with van der Waals surface area (Å²) in [4.78, 5) is 13.4. The number of hydrogen-bond acceptors (Lipinski definition) is 3. The molecule has 1 saturated heterocycles. The monoisotopic (exact) mass is 262 g/mol. The zero-order valence-electron chi connectivity index (χ0n) is 11.4. The molecule has 1 aromatic rings. The predicted octanol–water partition coefficient (Wildman–Crippen LogP) is 3.13. The number of anilines is 2. The Labute approximate surface area is 114 Å². The number of aromatic carboxylic acids is 1. The summed E-state index contributed by atoms with van der Waals surface area (Å²) in [6, 6.07) is 5.84. The van der Waals surface area contributed by atoms with Gasteiger partial charge >= 0.3 is 5.97 Å². The highest BCUT2D eigenvalue weighted by Gasteiger charge is 2.20. The molecular formula is C15H22N2O2. The molecule has 0 aliphatic carbocycles. The van der Waals surface area contributed by atoms with E-state index in [-0.39, 0.29) is 5.56 Å². The summed E-state index contributed by atoms with van der Waals surface area (Å²) in [5, 5.41) is 9.02. The lowest BCUT2D eigenvalue weighted by Gasteiger charge is -2.31. The second-order valence-corrected chi connectivity index (χ2v) is 5.18. The van der Waals surface area contributed by atoms with E-state index >= 15 is 0 Å². The molecule has 4 nitrogen and oxygen atoms in total. The molecule has 0 radical (unpaired) electrons. The summed E-state index contributed by atoms with van der Waals surface area (Å²) >= 11 is 0. The number of benzene rings is 1. The van der Waals surface area contributed by atoms with Crippen molar-refractivity contribution in [3.63, 3.8) is 0 Å².